The van der Waals surface area contributed by atoms with Crippen LogP contribution in [0, 0.1) is 25.7 Å². The Labute approximate surface area is 174 Å². The number of anilines is 1. The second-order valence-electron chi connectivity index (χ2n) is 8.34. The van der Waals surface area contributed by atoms with E-state index in [2.05, 4.69) is 36.5 Å². The van der Waals surface area contributed by atoms with E-state index in [1.54, 1.807) is 0 Å². The fourth-order valence-electron chi connectivity index (χ4n) is 3.14. The molecule has 158 valence electrons. The SMILES string of the molecule is Cc1nn(CC(C)C)c(C)c1CCC(=O)NCc1ccc(NC(=O)C(C)C)cc1. The van der Waals surface area contributed by atoms with Gasteiger partial charge in [-0.2, -0.15) is 5.10 Å². The Morgan fingerprint density at radius 2 is 1.72 bits per heavy atom. The normalized spacial score (nSPS) is 11.2. The Balaban J connectivity index is 1.83. The molecule has 6 heteroatoms. The summed E-state index contributed by atoms with van der Waals surface area (Å²) in [6, 6.07) is 7.55. The predicted molar refractivity (Wildman–Crippen MR) is 117 cm³/mol. The first-order valence-corrected chi connectivity index (χ1v) is 10.4. The summed E-state index contributed by atoms with van der Waals surface area (Å²) < 4.78 is 2.05. The summed E-state index contributed by atoms with van der Waals surface area (Å²) in [6.45, 7) is 13.5. The van der Waals surface area contributed by atoms with E-state index in [1.165, 1.54) is 5.56 Å². The van der Waals surface area contributed by atoms with Crippen molar-refractivity contribution in [1.29, 1.82) is 0 Å². The summed E-state index contributed by atoms with van der Waals surface area (Å²) in [7, 11) is 0. The molecule has 1 aromatic carbocycles. The van der Waals surface area contributed by atoms with Crippen LogP contribution in [0.2, 0.25) is 0 Å². The van der Waals surface area contributed by atoms with Gasteiger partial charge in [-0.15, -0.1) is 0 Å². The molecule has 0 unspecified atom stereocenters. The minimum Gasteiger partial charge on any atom is -0.352 e. The predicted octanol–water partition coefficient (Wildman–Crippen LogP) is 4.00. The van der Waals surface area contributed by atoms with E-state index < -0.39 is 0 Å². The molecule has 2 amide bonds. The van der Waals surface area contributed by atoms with Gasteiger partial charge in [-0.05, 0) is 49.4 Å². The Bertz CT molecular complexity index is 835. The van der Waals surface area contributed by atoms with Gasteiger partial charge < -0.3 is 10.6 Å². The lowest BCUT2D eigenvalue weighted by Crippen LogP contribution is -2.23. The van der Waals surface area contributed by atoms with Gasteiger partial charge >= 0.3 is 0 Å². The molecule has 1 aromatic heterocycles. The molecule has 29 heavy (non-hydrogen) atoms. The maximum atomic E-state index is 12.3. The Morgan fingerprint density at radius 3 is 2.31 bits per heavy atom. The zero-order valence-corrected chi connectivity index (χ0v) is 18.5. The number of nitrogens with zero attached hydrogens (tertiary/aromatic N) is 2. The minimum absolute atomic E-state index is 0.00615. The van der Waals surface area contributed by atoms with E-state index in [0.29, 0.717) is 25.3 Å². The number of aromatic nitrogens is 2. The number of carbonyl (C=O) groups is 2. The number of aryl methyl sites for hydroxylation is 1. The number of hydrogen-bond donors (Lipinski definition) is 2. The van der Waals surface area contributed by atoms with Crippen LogP contribution in [-0.4, -0.2) is 21.6 Å². The fourth-order valence-corrected chi connectivity index (χ4v) is 3.14. The van der Waals surface area contributed by atoms with Gasteiger partial charge in [-0.25, -0.2) is 0 Å². The van der Waals surface area contributed by atoms with E-state index >= 15 is 0 Å². The van der Waals surface area contributed by atoms with Crippen LogP contribution in [0.15, 0.2) is 24.3 Å². The molecule has 0 fully saturated rings. The van der Waals surface area contributed by atoms with Crippen molar-refractivity contribution < 1.29 is 9.59 Å². The van der Waals surface area contributed by atoms with Gasteiger partial charge in [0.25, 0.3) is 0 Å². The molecule has 0 aliphatic heterocycles. The lowest BCUT2D eigenvalue weighted by Gasteiger charge is -2.10. The average Bonchev–Trinajstić information content (AvgIpc) is 2.91. The van der Waals surface area contributed by atoms with Crippen LogP contribution in [0.25, 0.3) is 0 Å². The number of carbonyl (C=O) groups excluding carboxylic acids is 2. The molecule has 0 radical (unpaired) electrons. The van der Waals surface area contributed by atoms with Crippen molar-refractivity contribution >= 4 is 17.5 Å². The van der Waals surface area contributed by atoms with Crippen LogP contribution in [0.3, 0.4) is 0 Å². The van der Waals surface area contributed by atoms with E-state index in [-0.39, 0.29) is 17.7 Å². The third-order valence-electron chi connectivity index (χ3n) is 4.91. The molecule has 0 bridgehead atoms. The second-order valence-corrected chi connectivity index (χ2v) is 8.34. The molecular weight excluding hydrogens is 364 g/mol. The summed E-state index contributed by atoms with van der Waals surface area (Å²) in [5, 5.41) is 10.5. The van der Waals surface area contributed by atoms with Gasteiger partial charge in [0.2, 0.25) is 11.8 Å². The summed E-state index contributed by atoms with van der Waals surface area (Å²) in [6.07, 6.45) is 1.14. The van der Waals surface area contributed by atoms with Crippen LogP contribution in [0.1, 0.15) is 56.6 Å². The number of hydrogen-bond acceptors (Lipinski definition) is 3. The monoisotopic (exact) mass is 398 g/mol. The van der Waals surface area contributed by atoms with Crippen LogP contribution >= 0.6 is 0 Å². The van der Waals surface area contributed by atoms with Crippen molar-refractivity contribution in [1.82, 2.24) is 15.1 Å². The average molecular weight is 399 g/mol. The van der Waals surface area contributed by atoms with Crippen molar-refractivity contribution in [3.05, 3.63) is 46.8 Å². The molecule has 0 aliphatic carbocycles. The highest BCUT2D eigenvalue weighted by Gasteiger charge is 2.14. The standard InChI is InChI=1S/C23H34N4O2/c1-15(2)14-27-18(6)21(17(5)26-27)11-12-22(28)24-13-19-7-9-20(10-8-19)25-23(29)16(3)4/h7-10,15-16H,11-14H2,1-6H3,(H,24,28)(H,25,29). The van der Waals surface area contributed by atoms with Crippen molar-refractivity contribution in [3.8, 4) is 0 Å². The third-order valence-corrected chi connectivity index (χ3v) is 4.91. The molecule has 0 aliphatic rings. The molecule has 6 nitrogen and oxygen atoms in total. The molecule has 2 rings (SSSR count). The van der Waals surface area contributed by atoms with Crippen LogP contribution in [0.4, 0.5) is 5.69 Å². The zero-order valence-electron chi connectivity index (χ0n) is 18.5. The van der Waals surface area contributed by atoms with E-state index in [4.69, 9.17) is 0 Å². The maximum absolute atomic E-state index is 12.3. The number of nitrogens with one attached hydrogen (secondary N) is 2. The van der Waals surface area contributed by atoms with Crippen LogP contribution in [-0.2, 0) is 29.1 Å². The summed E-state index contributed by atoms with van der Waals surface area (Å²) in [5.41, 5.74) is 5.10. The van der Waals surface area contributed by atoms with E-state index in [9.17, 15) is 9.59 Å². The Kier molecular flexibility index (Phi) is 8.00. The summed E-state index contributed by atoms with van der Waals surface area (Å²) in [5.74, 6) is 0.499. The number of rotatable bonds is 9. The first-order valence-electron chi connectivity index (χ1n) is 10.4. The molecule has 2 N–H and O–H groups in total. The third kappa shape index (κ3) is 6.73. The minimum atomic E-state index is -0.0567. The molecule has 2 aromatic rings. The number of amides is 2. The molecule has 0 atom stereocenters. The molecule has 0 spiro atoms. The molecule has 1 heterocycles. The van der Waals surface area contributed by atoms with Crippen molar-refractivity contribution in [2.75, 3.05) is 5.32 Å². The lowest BCUT2D eigenvalue weighted by atomic mass is 10.1. The van der Waals surface area contributed by atoms with Crippen molar-refractivity contribution in [2.24, 2.45) is 11.8 Å². The van der Waals surface area contributed by atoms with E-state index in [1.807, 2.05) is 49.7 Å². The zero-order chi connectivity index (χ0) is 21.6. The Morgan fingerprint density at radius 1 is 1.07 bits per heavy atom. The van der Waals surface area contributed by atoms with Gasteiger partial charge in [-0.1, -0.05) is 39.8 Å². The quantitative estimate of drug-likeness (QED) is 0.670. The molecular formula is C23H34N4O2. The van der Waals surface area contributed by atoms with Gasteiger partial charge in [-0.3, -0.25) is 14.3 Å². The highest BCUT2D eigenvalue weighted by Crippen LogP contribution is 2.17. The maximum Gasteiger partial charge on any atom is 0.226 e. The second kappa shape index (κ2) is 10.2. The summed E-state index contributed by atoms with van der Waals surface area (Å²) in [4.78, 5) is 24.0. The van der Waals surface area contributed by atoms with Crippen LogP contribution < -0.4 is 10.6 Å². The molecule has 0 saturated heterocycles. The largest absolute Gasteiger partial charge is 0.352 e. The summed E-state index contributed by atoms with van der Waals surface area (Å²) >= 11 is 0. The molecule has 0 saturated carbocycles. The van der Waals surface area contributed by atoms with Gasteiger partial charge in [0.1, 0.15) is 0 Å². The first-order chi connectivity index (χ1) is 13.7. The highest BCUT2D eigenvalue weighted by atomic mass is 16.2. The first kappa shape index (κ1) is 22.7. The smallest absolute Gasteiger partial charge is 0.226 e. The lowest BCUT2D eigenvalue weighted by molar-refractivity contribution is -0.121. The van der Waals surface area contributed by atoms with Gasteiger partial charge in [0.05, 0.1) is 5.69 Å². The van der Waals surface area contributed by atoms with E-state index in [0.717, 1.165) is 29.2 Å². The fraction of sp³-hybridized carbons (Fsp3) is 0.522. The Hall–Kier alpha value is -2.63. The number of benzene rings is 1. The van der Waals surface area contributed by atoms with Gasteiger partial charge in [0, 0.05) is 36.8 Å². The van der Waals surface area contributed by atoms with Crippen LogP contribution in [0.5, 0.6) is 0 Å². The van der Waals surface area contributed by atoms with Crippen molar-refractivity contribution in [3.63, 3.8) is 0 Å². The topological polar surface area (TPSA) is 76.0 Å². The highest BCUT2D eigenvalue weighted by molar-refractivity contribution is 5.92. The van der Waals surface area contributed by atoms with Gasteiger partial charge in [0.15, 0.2) is 0 Å². The van der Waals surface area contributed by atoms with Crippen molar-refractivity contribution in [2.45, 2.75) is 67.5 Å².